The molecule has 3 nitrogen and oxygen atoms in total. The molecule has 1 N–H and O–H groups in total. The highest BCUT2D eigenvalue weighted by molar-refractivity contribution is 7.91. The molecule has 1 aliphatic rings. The SMILES string of the molecule is CC(C)(C)c1ccc(CNC2CCS(=O)(=O)C2)s1. The van der Waals surface area contributed by atoms with Crippen molar-refractivity contribution < 1.29 is 8.42 Å². The van der Waals surface area contributed by atoms with Gasteiger partial charge in [0, 0.05) is 22.3 Å². The van der Waals surface area contributed by atoms with Gasteiger partial charge in [-0.15, -0.1) is 11.3 Å². The maximum absolute atomic E-state index is 11.4. The molecule has 1 aliphatic heterocycles. The Labute approximate surface area is 114 Å². The van der Waals surface area contributed by atoms with Gasteiger partial charge in [-0.05, 0) is 24.0 Å². The van der Waals surface area contributed by atoms with Crippen molar-refractivity contribution in [1.82, 2.24) is 5.32 Å². The van der Waals surface area contributed by atoms with Crippen LogP contribution >= 0.6 is 11.3 Å². The van der Waals surface area contributed by atoms with Crippen LogP contribution in [0, 0.1) is 0 Å². The van der Waals surface area contributed by atoms with E-state index < -0.39 is 9.84 Å². The monoisotopic (exact) mass is 287 g/mol. The molecule has 102 valence electrons. The summed E-state index contributed by atoms with van der Waals surface area (Å²) in [6.07, 6.45) is 0.750. The van der Waals surface area contributed by atoms with Crippen molar-refractivity contribution >= 4 is 21.2 Å². The first kappa shape index (κ1) is 14.0. The highest BCUT2D eigenvalue weighted by atomic mass is 32.2. The molecule has 0 aromatic carbocycles. The summed E-state index contributed by atoms with van der Waals surface area (Å²) in [4.78, 5) is 2.66. The Morgan fingerprint density at radius 3 is 2.61 bits per heavy atom. The van der Waals surface area contributed by atoms with Crippen molar-refractivity contribution in [3.63, 3.8) is 0 Å². The van der Waals surface area contributed by atoms with Crippen LogP contribution in [-0.2, 0) is 21.8 Å². The van der Waals surface area contributed by atoms with Crippen molar-refractivity contribution in [2.24, 2.45) is 0 Å². The second-order valence-corrected chi connectivity index (χ2v) is 9.39. The summed E-state index contributed by atoms with van der Waals surface area (Å²) >= 11 is 1.81. The Hall–Kier alpha value is -0.390. The van der Waals surface area contributed by atoms with Gasteiger partial charge in [0.15, 0.2) is 9.84 Å². The van der Waals surface area contributed by atoms with E-state index in [0.717, 1.165) is 13.0 Å². The number of hydrogen-bond acceptors (Lipinski definition) is 4. The molecule has 18 heavy (non-hydrogen) atoms. The zero-order valence-electron chi connectivity index (χ0n) is 11.2. The topological polar surface area (TPSA) is 46.2 Å². The fraction of sp³-hybridized carbons (Fsp3) is 0.692. The van der Waals surface area contributed by atoms with Crippen LogP contribution in [0.2, 0.25) is 0 Å². The summed E-state index contributed by atoms with van der Waals surface area (Å²) in [6.45, 7) is 7.40. The number of nitrogens with one attached hydrogen (secondary N) is 1. The molecule has 1 unspecified atom stereocenters. The molecule has 2 rings (SSSR count). The molecule has 2 heterocycles. The lowest BCUT2D eigenvalue weighted by atomic mass is 9.95. The average molecular weight is 287 g/mol. The number of rotatable bonds is 3. The van der Waals surface area contributed by atoms with E-state index in [4.69, 9.17) is 0 Å². The van der Waals surface area contributed by atoms with E-state index in [0.29, 0.717) is 11.5 Å². The fourth-order valence-corrected chi connectivity index (χ4v) is 4.80. The third-order valence-corrected chi connectivity index (χ3v) is 6.48. The molecule has 0 radical (unpaired) electrons. The van der Waals surface area contributed by atoms with Crippen LogP contribution in [0.4, 0.5) is 0 Å². The van der Waals surface area contributed by atoms with Gasteiger partial charge in [-0.1, -0.05) is 20.8 Å². The first-order valence-electron chi connectivity index (χ1n) is 6.29. The van der Waals surface area contributed by atoms with Gasteiger partial charge in [-0.3, -0.25) is 0 Å². The average Bonchev–Trinajstić information content (AvgIpc) is 2.80. The molecule has 0 amide bonds. The first-order valence-corrected chi connectivity index (χ1v) is 8.93. The predicted octanol–water partition coefficient (Wildman–Crippen LogP) is 2.32. The van der Waals surface area contributed by atoms with Gasteiger partial charge >= 0.3 is 0 Å². The molecule has 1 aromatic heterocycles. The van der Waals surface area contributed by atoms with E-state index in [1.54, 1.807) is 0 Å². The highest BCUT2D eigenvalue weighted by Crippen LogP contribution is 2.29. The second kappa shape index (κ2) is 4.94. The third kappa shape index (κ3) is 3.56. The standard InChI is InChI=1S/C13H21NO2S2/c1-13(2,3)12-5-4-11(17-12)8-14-10-6-7-18(15,16)9-10/h4-5,10,14H,6-9H2,1-3H3. The van der Waals surface area contributed by atoms with Gasteiger partial charge in [-0.2, -0.15) is 0 Å². The van der Waals surface area contributed by atoms with Crippen LogP contribution in [0.1, 0.15) is 36.9 Å². The lowest BCUT2D eigenvalue weighted by molar-refractivity contribution is 0.557. The summed E-state index contributed by atoms with van der Waals surface area (Å²) < 4.78 is 22.7. The Bertz CT molecular complexity index is 511. The van der Waals surface area contributed by atoms with Gasteiger partial charge in [0.25, 0.3) is 0 Å². The van der Waals surface area contributed by atoms with E-state index in [1.807, 2.05) is 11.3 Å². The molecule has 1 saturated heterocycles. The third-order valence-electron chi connectivity index (χ3n) is 3.20. The van der Waals surface area contributed by atoms with Crippen LogP contribution < -0.4 is 5.32 Å². The lowest BCUT2D eigenvalue weighted by Crippen LogP contribution is -2.29. The number of sulfone groups is 1. The molecular formula is C13H21NO2S2. The van der Waals surface area contributed by atoms with Crippen LogP contribution in [0.25, 0.3) is 0 Å². The maximum atomic E-state index is 11.4. The van der Waals surface area contributed by atoms with E-state index in [1.165, 1.54) is 9.75 Å². The van der Waals surface area contributed by atoms with E-state index in [-0.39, 0.29) is 11.5 Å². The predicted molar refractivity (Wildman–Crippen MR) is 76.9 cm³/mol. The molecule has 0 spiro atoms. The smallest absolute Gasteiger partial charge is 0.151 e. The van der Waals surface area contributed by atoms with Crippen LogP contribution in [-0.4, -0.2) is 26.0 Å². The van der Waals surface area contributed by atoms with Gasteiger partial charge < -0.3 is 5.32 Å². The van der Waals surface area contributed by atoms with Crippen molar-refractivity contribution in [2.45, 2.75) is 45.2 Å². The molecule has 1 aromatic rings. The van der Waals surface area contributed by atoms with E-state index in [2.05, 4.69) is 38.2 Å². The normalized spacial score (nSPS) is 23.4. The van der Waals surface area contributed by atoms with Gasteiger partial charge in [0.05, 0.1) is 11.5 Å². The van der Waals surface area contributed by atoms with E-state index in [9.17, 15) is 8.42 Å². The largest absolute Gasteiger partial charge is 0.308 e. The number of thiophene rings is 1. The zero-order valence-corrected chi connectivity index (χ0v) is 12.8. The molecule has 1 atom stereocenters. The Kier molecular flexibility index (Phi) is 3.85. The minimum absolute atomic E-state index is 0.134. The minimum Gasteiger partial charge on any atom is -0.308 e. The zero-order chi connectivity index (χ0) is 13.4. The summed E-state index contributed by atoms with van der Waals surface area (Å²) in [6, 6.07) is 4.45. The van der Waals surface area contributed by atoms with Crippen molar-refractivity contribution in [1.29, 1.82) is 0 Å². The van der Waals surface area contributed by atoms with Crippen LogP contribution in [0.15, 0.2) is 12.1 Å². The van der Waals surface area contributed by atoms with E-state index >= 15 is 0 Å². The Balaban J connectivity index is 1.90. The molecule has 0 aliphatic carbocycles. The molecular weight excluding hydrogens is 266 g/mol. The molecule has 5 heteroatoms. The van der Waals surface area contributed by atoms with Gasteiger partial charge in [-0.25, -0.2) is 8.42 Å². The van der Waals surface area contributed by atoms with Crippen LogP contribution in [0.3, 0.4) is 0 Å². The molecule has 0 saturated carbocycles. The maximum Gasteiger partial charge on any atom is 0.151 e. The minimum atomic E-state index is -2.78. The Morgan fingerprint density at radius 1 is 1.39 bits per heavy atom. The lowest BCUT2D eigenvalue weighted by Gasteiger charge is -2.15. The molecule has 1 fully saturated rings. The number of hydrogen-bond donors (Lipinski definition) is 1. The van der Waals surface area contributed by atoms with Crippen molar-refractivity contribution in [2.75, 3.05) is 11.5 Å². The summed E-state index contributed by atoms with van der Waals surface area (Å²) in [7, 11) is -2.78. The van der Waals surface area contributed by atoms with Gasteiger partial charge in [0.1, 0.15) is 0 Å². The van der Waals surface area contributed by atoms with Crippen molar-refractivity contribution in [3.8, 4) is 0 Å². The molecule has 0 bridgehead atoms. The Morgan fingerprint density at radius 2 is 2.11 bits per heavy atom. The second-order valence-electron chi connectivity index (χ2n) is 6.00. The summed E-state index contributed by atoms with van der Waals surface area (Å²) in [5.41, 5.74) is 0.194. The highest BCUT2D eigenvalue weighted by Gasteiger charge is 2.27. The quantitative estimate of drug-likeness (QED) is 0.928. The van der Waals surface area contributed by atoms with Crippen LogP contribution in [0.5, 0.6) is 0 Å². The summed E-state index contributed by atoms with van der Waals surface area (Å²) in [5, 5.41) is 3.35. The first-order chi connectivity index (χ1) is 8.26. The van der Waals surface area contributed by atoms with Crippen molar-refractivity contribution in [3.05, 3.63) is 21.9 Å². The fourth-order valence-electron chi connectivity index (χ4n) is 2.08. The summed E-state index contributed by atoms with van der Waals surface area (Å²) in [5.74, 6) is 0.632. The van der Waals surface area contributed by atoms with Gasteiger partial charge in [0.2, 0.25) is 0 Å².